The fraction of sp³-hybridized carbons (Fsp3) is 0.0526. The van der Waals surface area contributed by atoms with E-state index in [9.17, 15) is 23.2 Å². The lowest BCUT2D eigenvalue weighted by molar-refractivity contribution is 0.431. The van der Waals surface area contributed by atoms with Gasteiger partial charge >= 0.3 is 0 Å². The van der Waals surface area contributed by atoms with Gasteiger partial charge in [-0.2, -0.15) is 8.42 Å². The van der Waals surface area contributed by atoms with Gasteiger partial charge in [-0.3, -0.25) is 4.55 Å². The van der Waals surface area contributed by atoms with Gasteiger partial charge in [0.15, 0.2) is 4.75 Å². The molecule has 10 heteroatoms. The first-order valence-electron chi connectivity index (χ1n) is 7.90. The number of hydrogen-bond acceptors (Lipinski definition) is 4. The molecular weight excluding hydrogens is 482 g/mol. The van der Waals surface area contributed by atoms with Crippen molar-refractivity contribution < 1.29 is 23.2 Å². The summed E-state index contributed by atoms with van der Waals surface area (Å²) in [4.78, 5) is 0. The molecule has 3 rings (SSSR count). The van der Waals surface area contributed by atoms with Crippen molar-refractivity contribution in [2.75, 3.05) is 0 Å². The predicted octanol–water partition coefficient (Wildman–Crippen LogP) is 5.89. The second-order valence-electron chi connectivity index (χ2n) is 6.07. The molecule has 1 unspecified atom stereocenters. The van der Waals surface area contributed by atoms with Crippen LogP contribution in [0.3, 0.4) is 0 Å². The Labute approximate surface area is 186 Å². The van der Waals surface area contributed by atoms with E-state index in [0.29, 0.717) is 0 Å². The first-order valence-corrected chi connectivity index (χ1v) is 10.9. The average Bonchev–Trinajstić information content (AvgIpc) is 2.64. The van der Waals surface area contributed by atoms with Gasteiger partial charge in [-0.15, -0.1) is 0 Å². The van der Waals surface area contributed by atoms with Crippen LogP contribution in [0.1, 0.15) is 16.7 Å². The largest absolute Gasteiger partial charge is 0.508 e. The molecule has 3 aromatic rings. The molecule has 29 heavy (non-hydrogen) atoms. The van der Waals surface area contributed by atoms with E-state index in [4.69, 9.17) is 46.4 Å². The molecule has 152 valence electrons. The van der Waals surface area contributed by atoms with Crippen molar-refractivity contribution in [2.24, 2.45) is 0 Å². The standard InChI is InChI=1S/C19H12Cl4O5S/c20-13-9-14(21)17(22)18(23)16(13)19(29(26,27)28,10-4-2-1-3-5-10)12-7-6-11(24)8-15(12)25/h1-9,24-25H,(H,26,27,28). The Morgan fingerprint density at radius 1 is 0.793 bits per heavy atom. The van der Waals surface area contributed by atoms with Crippen LogP contribution < -0.4 is 0 Å². The van der Waals surface area contributed by atoms with Crippen molar-refractivity contribution >= 4 is 56.5 Å². The molecule has 0 saturated heterocycles. The third-order valence-corrected chi connectivity index (χ3v) is 7.39. The monoisotopic (exact) mass is 492 g/mol. The number of phenols is 2. The lowest BCUT2D eigenvalue weighted by Gasteiger charge is -2.34. The minimum atomic E-state index is -5.11. The molecule has 5 nitrogen and oxygen atoms in total. The van der Waals surface area contributed by atoms with Crippen LogP contribution in [0.2, 0.25) is 20.1 Å². The van der Waals surface area contributed by atoms with Crippen molar-refractivity contribution in [3.8, 4) is 11.5 Å². The molecular formula is C19H12Cl4O5S. The van der Waals surface area contributed by atoms with Crippen molar-refractivity contribution in [1.29, 1.82) is 0 Å². The van der Waals surface area contributed by atoms with Gasteiger partial charge in [0.2, 0.25) is 0 Å². The number of aromatic hydroxyl groups is 2. The zero-order valence-corrected chi connectivity index (χ0v) is 18.1. The van der Waals surface area contributed by atoms with Crippen molar-refractivity contribution in [3.63, 3.8) is 0 Å². The summed E-state index contributed by atoms with van der Waals surface area (Å²) in [5.74, 6) is -0.945. The Hall–Kier alpha value is -1.67. The maximum Gasteiger partial charge on any atom is 0.283 e. The third-order valence-electron chi connectivity index (χ3n) is 4.39. The van der Waals surface area contributed by atoms with E-state index in [1.165, 1.54) is 30.3 Å². The number of rotatable bonds is 4. The molecule has 0 aliphatic heterocycles. The molecule has 0 bridgehead atoms. The van der Waals surface area contributed by atoms with Crippen LogP contribution in [0.4, 0.5) is 0 Å². The summed E-state index contributed by atoms with van der Waals surface area (Å²) in [5.41, 5.74) is -0.582. The first kappa shape index (κ1) is 22.0. The van der Waals surface area contributed by atoms with Gasteiger partial charge in [0.25, 0.3) is 10.1 Å². The summed E-state index contributed by atoms with van der Waals surface area (Å²) in [6.07, 6.45) is 0. The van der Waals surface area contributed by atoms with Crippen LogP contribution in [0.15, 0.2) is 54.6 Å². The van der Waals surface area contributed by atoms with E-state index < -0.39 is 20.6 Å². The molecule has 3 aromatic carbocycles. The normalized spacial score (nSPS) is 13.8. The van der Waals surface area contributed by atoms with E-state index in [1.54, 1.807) is 6.07 Å². The molecule has 0 aliphatic carbocycles. The highest BCUT2D eigenvalue weighted by Crippen LogP contribution is 2.53. The highest BCUT2D eigenvalue weighted by atomic mass is 35.5. The Kier molecular flexibility index (Phi) is 5.98. The van der Waals surface area contributed by atoms with Crippen molar-refractivity contribution in [3.05, 3.63) is 91.4 Å². The highest BCUT2D eigenvalue weighted by molar-refractivity contribution is 7.87. The molecule has 3 N–H and O–H groups in total. The zero-order chi connectivity index (χ0) is 21.6. The number of halogens is 4. The van der Waals surface area contributed by atoms with E-state index in [0.717, 1.165) is 18.2 Å². The van der Waals surface area contributed by atoms with Crippen LogP contribution in [0, 0.1) is 0 Å². The van der Waals surface area contributed by atoms with Gasteiger partial charge in [0, 0.05) is 22.2 Å². The van der Waals surface area contributed by atoms with E-state index >= 15 is 0 Å². The molecule has 0 radical (unpaired) electrons. The second-order valence-corrected chi connectivity index (χ2v) is 9.20. The smallest absolute Gasteiger partial charge is 0.283 e. The van der Waals surface area contributed by atoms with Gasteiger partial charge in [0.1, 0.15) is 11.5 Å². The summed E-state index contributed by atoms with van der Waals surface area (Å²) >= 11 is 24.9. The first-order chi connectivity index (χ1) is 13.5. The topological polar surface area (TPSA) is 94.8 Å². The van der Waals surface area contributed by atoms with Crippen molar-refractivity contribution in [2.45, 2.75) is 4.75 Å². The van der Waals surface area contributed by atoms with Gasteiger partial charge in [-0.05, 0) is 23.8 Å². The van der Waals surface area contributed by atoms with Crippen LogP contribution in [0.25, 0.3) is 0 Å². The molecule has 0 heterocycles. The Bertz CT molecular complexity index is 1200. The maximum atomic E-state index is 13.0. The lowest BCUT2D eigenvalue weighted by atomic mass is 9.83. The summed E-state index contributed by atoms with van der Waals surface area (Å²) < 4.78 is 34.0. The number of hydrogen-bond donors (Lipinski definition) is 3. The minimum absolute atomic E-state index is 0.0191. The zero-order valence-electron chi connectivity index (χ0n) is 14.3. The predicted molar refractivity (Wildman–Crippen MR) is 114 cm³/mol. The molecule has 0 spiro atoms. The molecule has 0 saturated carbocycles. The van der Waals surface area contributed by atoms with Gasteiger partial charge in [-0.1, -0.05) is 76.7 Å². The summed E-state index contributed by atoms with van der Waals surface area (Å²) in [6, 6.07) is 11.9. The quantitative estimate of drug-likeness (QED) is 0.182. The van der Waals surface area contributed by atoms with E-state index in [-0.39, 0.29) is 42.5 Å². The molecule has 1 atom stereocenters. The third kappa shape index (κ3) is 3.54. The second kappa shape index (κ2) is 7.87. The van der Waals surface area contributed by atoms with Crippen LogP contribution in [0.5, 0.6) is 11.5 Å². The number of benzene rings is 3. The maximum absolute atomic E-state index is 13.0. The molecule has 0 fully saturated rings. The van der Waals surface area contributed by atoms with Crippen LogP contribution >= 0.6 is 46.4 Å². The summed E-state index contributed by atoms with van der Waals surface area (Å²) in [5, 5.41) is 19.5. The van der Waals surface area contributed by atoms with Gasteiger partial charge in [-0.25, -0.2) is 0 Å². The highest BCUT2D eigenvalue weighted by Gasteiger charge is 2.52. The molecule has 0 amide bonds. The fourth-order valence-electron chi connectivity index (χ4n) is 3.23. The fourth-order valence-corrected chi connectivity index (χ4v) is 5.89. The van der Waals surface area contributed by atoms with Gasteiger partial charge in [0.05, 0.1) is 15.1 Å². The Morgan fingerprint density at radius 3 is 1.97 bits per heavy atom. The van der Waals surface area contributed by atoms with Gasteiger partial charge < -0.3 is 10.2 Å². The summed E-state index contributed by atoms with van der Waals surface area (Å²) in [7, 11) is -5.11. The van der Waals surface area contributed by atoms with E-state index in [2.05, 4.69) is 0 Å². The Morgan fingerprint density at radius 2 is 1.41 bits per heavy atom. The molecule has 0 aliphatic rings. The van der Waals surface area contributed by atoms with Crippen LogP contribution in [-0.2, 0) is 14.9 Å². The lowest BCUT2D eigenvalue weighted by Crippen LogP contribution is -2.39. The van der Waals surface area contributed by atoms with Crippen LogP contribution in [-0.4, -0.2) is 23.2 Å². The van der Waals surface area contributed by atoms with Crippen molar-refractivity contribution in [1.82, 2.24) is 0 Å². The minimum Gasteiger partial charge on any atom is -0.508 e. The average molecular weight is 494 g/mol. The Balaban J connectivity index is 2.65. The SMILES string of the molecule is O=S(=O)(O)C(c1ccccc1)(c1ccc(O)cc1O)c1c(Cl)cc(Cl)c(Cl)c1Cl. The summed E-state index contributed by atoms with van der Waals surface area (Å²) in [6.45, 7) is 0. The number of phenolic OH excluding ortho intramolecular Hbond substituents is 2. The molecule has 0 aromatic heterocycles. The van der Waals surface area contributed by atoms with E-state index in [1.807, 2.05) is 0 Å².